The molecule has 1 aliphatic rings. The molecule has 1 atom stereocenters. The first-order chi connectivity index (χ1) is 9.99. The molecule has 0 aromatic heterocycles. The van der Waals surface area contributed by atoms with Crippen LogP contribution >= 0.6 is 15.9 Å². The summed E-state index contributed by atoms with van der Waals surface area (Å²) in [6.07, 6.45) is -1.43. The summed E-state index contributed by atoms with van der Waals surface area (Å²) in [4.78, 5) is 0. The number of benzene rings is 2. The Balaban J connectivity index is 2.10. The molecule has 2 aromatic carbocycles. The Labute approximate surface area is 128 Å². The molecule has 0 saturated heterocycles. The average Bonchev–Trinajstić information content (AvgIpc) is 2.92. The van der Waals surface area contributed by atoms with Crippen molar-refractivity contribution in [3.63, 3.8) is 0 Å². The van der Waals surface area contributed by atoms with E-state index in [0.717, 1.165) is 6.07 Å². The van der Waals surface area contributed by atoms with Crippen LogP contribution in [0, 0.1) is 18.6 Å². The fourth-order valence-corrected chi connectivity index (χ4v) is 2.82. The zero-order valence-corrected chi connectivity index (χ0v) is 12.6. The fourth-order valence-electron chi connectivity index (χ4n) is 2.24. The van der Waals surface area contributed by atoms with Gasteiger partial charge in [0.1, 0.15) is 17.7 Å². The van der Waals surface area contributed by atoms with Gasteiger partial charge in [-0.3, -0.25) is 0 Å². The predicted octanol–water partition coefficient (Wildman–Crippen LogP) is 3.85. The quantitative estimate of drug-likeness (QED) is 0.888. The van der Waals surface area contributed by atoms with Gasteiger partial charge in [-0.2, -0.15) is 0 Å². The number of rotatable bonds is 2. The molecule has 0 amide bonds. The van der Waals surface area contributed by atoms with E-state index < -0.39 is 17.7 Å². The lowest BCUT2D eigenvalue weighted by atomic mass is 9.98. The molecule has 3 rings (SSSR count). The van der Waals surface area contributed by atoms with Crippen LogP contribution in [0.4, 0.5) is 8.78 Å². The van der Waals surface area contributed by atoms with Crippen molar-refractivity contribution in [1.29, 1.82) is 0 Å². The van der Waals surface area contributed by atoms with Gasteiger partial charge in [0, 0.05) is 0 Å². The van der Waals surface area contributed by atoms with Gasteiger partial charge in [0.2, 0.25) is 6.79 Å². The van der Waals surface area contributed by atoms with Crippen LogP contribution in [0.25, 0.3) is 0 Å². The van der Waals surface area contributed by atoms with Crippen molar-refractivity contribution in [2.75, 3.05) is 6.79 Å². The van der Waals surface area contributed by atoms with E-state index in [1.165, 1.54) is 19.1 Å². The summed E-state index contributed by atoms with van der Waals surface area (Å²) in [5.41, 5.74) is 0.209. The van der Waals surface area contributed by atoms with E-state index in [0.29, 0.717) is 21.5 Å². The lowest BCUT2D eigenvalue weighted by molar-refractivity contribution is 0.173. The van der Waals surface area contributed by atoms with Crippen molar-refractivity contribution in [3.8, 4) is 11.5 Å². The number of aliphatic hydroxyl groups is 1. The molecule has 0 spiro atoms. The summed E-state index contributed by atoms with van der Waals surface area (Å²) in [6, 6.07) is 5.54. The Morgan fingerprint density at radius 2 is 2.00 bits per heavy atom. The molecule has 6 heteroatoms. The second kappa shape index (κ2) is 5.27. The van der Waals surface area contributed by atoms with Crippen LogP contribution in [0.5, 0.6) is 11.5 Å². The largest absolute Gasteiger partial charge is 0.454 e. The third kappa shape index (κ3) is 2.38. The van der Waals surface area contributed by atoms with Crippen molar-refractivity contribution in [2.45, 2.75) is 13.0 Å². The second-order valence-corrected chi connectivity index (χ2v) is 5.59. The Hall–Kier alpha value is -1.66. The second-order valence-electron chi connectivity index (χ2n) is 4.73. The molecular weight excluding hydrogens is 346 g/mol. The van der Waals surface area contributed by atoms with Gasteiger partial charge >= 0.3 is 0 Å². The van der Waals surface area contributed by atoms with Crippen LogP contribution in [-0.2, 0) is 0 Å². The van der Waals surface area contributed by atoms with E-state index in [1.54, 1.807) is 6.07 Å². The Morgan fingerprint density at radius 1 is 1.24 bits per heavy atom. The van der Waals surface area contributed by atoms with Gasteiger partial charge in [-0.05, 0) is 52.2 Å². The monoisotopic (exact) mass is 356 g/mol. The summed E-state index contributed by atoms with van der Waals surface area (Å²) in [5, 5.41) is 10.3. The van der Waals surface area contributed by atoms with Crippen molar-refractivity contribution < 1.29 is 23.4 Å². The third-order valence-corrected chi connectivity index (χ3v) is 3.95. The first-order valence-electron chi connectivity index (χ1n) is 6.20. The van der Waals surface area contributed by atoms with Gasteiger partial charge in [-0.1, -0.05) is 6.07 Å². The Kier molecular flexibility index (Phi) is 3.59. The normalized spacial score (nSPS) is 14.3. The summed E-state index contributed by atoms with van der Waals surface area (Å²) in [6.45, 7) is 1.58. The summed E-state index contributed by atoms with van der Waals surface area (Å²) in [5.74, 6) is -0.612. The zero-order chi connectivity index (χ0) is 15.1. The average molecular weight is 357 g/mol. The Morgan fingerprint density at radius 3 is 2.76 bits per heavy atom. The maximum Gasteiger partial charge on any atom is 0.231 e. The number of hydrogen-bond donors (Lipinski definition) is 1. The highest BCUT2D eigenvalue weighted by molar-refractivity contribution is 9.10. The molecule has 21 heavy (non-hydrogen) atoms. The number of halogens is 3. The minimum Gasteiger partial charge on any atom is -0.454 e. The molecule has 0 bridgehead atoms. The summed E-state index contributed by atoms with van der Waals surface area (Å²) < 4.78 is 39.0. The maximum atomic E-state index is 14.1. The minimum atomic E-state index is -1.43. The van der Waals surface area contributed by atoms with E-state index in [-0.39, 0.29) is 17.9 Å². The van der Waals surface area contributed by atoms with E-state index >= 15 is 0 Å². The molecule has 110 valence electrons. The lowest BCUT2D eigenvalue weighted by Gasteiger charge is -2.15. The first kappa shape index (κ1) is 14.3. The van der Waals surface area contributed by atoms with Crippen molar-refractivity contribution in [3.05, 3.63) is 57.1 Å². The highest BCUT2D eigenvalue weighted by Gasteiger charge is 2.25. The van der Waals surface area contributed by atoms with Crippen LogP contribution in [-0.4, -0.2) is 11.9 Å². The molecule has 1 N–H and O–H groups in total. The van der Waals surface area contributed by atoms with Crippen LogP contribution in [0.3, 0.4) is 0 Å². The molecular formula is C15H11BrF2O3. The highest BCUT2D eigenvalue weighted by atomic mass is 79.9. The van der Waals surface area contributed by atoms with Gasteiger partial charge in [-0.25, -0.2) is 8.78 Å². The fraction of sp³-hybridized carbons (Fsp3) is 0.200. The number of fused-ring (bicyclic) bond motifs is 1. The van der Waals surface area contributed by atoms with E-state index in [4.69, 9.17) is 9.47 Å². The molecule has 1 aliphatic heterocycles. The van der Waals surface area contributed by atoms with Crippen molar-refractivity contribution >= 4 is 15.9 Å². The SMILES string of the molecule is Cc1ccc(F)c(C(O)c2cc(Br)c3c(c2)OCO3)c1F. The van der Waals surface area contributed by atoms with E-state index in [9.17, 15) is 13.9 Å². The molecule has 1 heterocycles. The van der Waals surface area contributed by atoms with Crippen LogP contribution in [0.15, 0.2) is 28.7 Å². The van der Waals surface area contributed by atoms with E-state index in [1.807, 2.05) is 0 Å². The molecule has 0 fully saturated rings. The molecule has 0 aliphatic carbocycles. The molecule has 1 unspecified atom stereocenters. The number of aryl methyl sites for hydroxylation is 1. The van der Waals surface area contributed by atoms with Crippen LogP contribution in [0.2, 0.25) is 0 Å². The van der Waals surface area contributed by atoms with Gasteiger partial charge in [0.15, 0.2) is 11.5 Å². The van der Waals surface area contributed by atoms with Crippen molar-refractivity contribution in [2.24, 2.45) is 0 Å². The molecule has 0 radical (unpaired) electrons. The van der Waals surface area contributed by atoms with Crippen molar-refractivity contribution in [1.82, 2.24) is 0 Å². The molecule has 2 aromatic rings. The maximum absolute atomic E-state index is 14.1. The van der Waals surface area contributed by atoms with Crippen LogP contribution in [0.1, 0.15) is 22.8 Å². The highest BCUT2D eigenvalue weighted by Crippen LogP contribution is 2.42. The van der Waals surface area contributed by atoms with Gasteiger partial charge < -0.3 is 14.6 Å². The lowest BCUT2D eigenvalue weighted by Crippen LogP contribution is -2.07. The van der Waals surface area contributed by atoms with E-state index in [2.05, 4.69) is 15.9 Å². The zero-order valence-electron chi connectivity index (χ0n) is 11.0. The minimum absolute atomic E-state index is 0.0701. The smallest absolute Gasteiger partial charge is 0.231 e. The topological polar surface area (TPSA) is 38.7 Å². The molecule has 3 nitrogen and oxygen atoms in total. The number of aliphatic hydroxyl groups excluding tert-OH is 1. The standard InChI is InChI=1S/C15H11BrF2O3/c1-7-2-3-10(17)12(13(7)18)14(19)8-4-9(16)15-11(5-8)20-6-21-15/h2-5,14,19H,6H2,1H3. The third-order valence-electron chi connectivity index (χ3n) is 3.36. The summed E-state index contributed by atoms with van der Waals surface area (Å²) >= 11 is 3.29. The van der Waals surface area contributed by atoms with Gasteiger partial charge in [0.25, 0.3) is 0 Å². The first-order valence-corrected chi connectivity index (χ1v) is 7.00. The number of ether oxygens (including phenoxy) is 2. The Bertz CT molecular complexity index is 719. The van der Waals surface area contributed by atoms with Gasteiger partial charge in [-0.15, -0.1) is 0 Å². The molecule has 0 saturated carbocycles. The number of hydrogen-bond acceptors (Lipinski definition) is 3. The summed E-state index contributed by atoms with van der Waals surface area (Å²) in [7, 11) is 0. The van der Waals surface area contributed by atoms with Gasteiger partial charge in [0.05, 0.1) is 10.0 Å². The predicted molar refractivity (Wildman–Crippen MR) is 75.4 cm³/mol. The van der Waals surface area contributed by atoms with Crippen LogP contribution < -0.4 is 9.47 Å².